The van der Waals surface area contributed by atoms with E-state index in [0.717, 1.165) is 0 Å². The lowest BCUT2D eigenvalue weighted by Crippen LogP contribution is -2.26. The summed E-state index contributed by atoms with van der Waals surface area (Å²) in [6.45, 7) is 14.7. The van der Waals surface area contributed by atoms with Gasteiger partial charge >= 0.3 is 11.9 Å². The first-order chi connectivity index (χ1) is 10.0. The van der Waals surface area contributed by atoms with Crippen LogP contribution in [0, 0.1) is 20.8 Å². The zero-order chi connectivity index (χ0) is 15.8. The van der Waals surface area contributed by atoms with Gasteiger partial charge in [-0.25, -0.2) is 9.59 Å². The van der Waals surface area contributed by atoms with Gasteiger partial charge in [0.25, 0.3) is 5.91 Å². The molecule has 1 aromatic rings. The van der Waals surface area contributed by atoms with Crippen LogP contribution in [-0.2, 0) is 9.47 Å². The van der Waals surface area contributed by atoms with Gasteiger partial charge in [0.2, 0.25) is 0 Å². The summed E-state index contributed by atoms with van der Waals surface area (Å²) >= 11 is 0. The van der Waals surface area contributed by atoms with Gasteiger partial charge in [-0.15, -0.1) is 0 Å². The van der Waals surface area contributed by atoms with E-state index in [1.165, 1.54) is 18.2 Å². The highest BCUT2D eigenvalue weighted by atomic mass is 16.5. The first-order valence-corrected chi connectivity index (χ1v) is 5.91. The van der Waals surface area contributed by atoms with Crippen molar-refractivity contribution < 1.29 is 23.9 Å². The van der Waals surface area contributed by atoms with Crippen LogP contribution in [0.5, 0.6) is 0 Å². The van der Waals surface area contributed by atoms with Gasteiger partial charge in [-0.1, -0.05) is 0 Å². The monoisotopic (exact) mass is 287 g/mol. The second kappa shape index (κ2) is 8.04. The number of carbonyl (C=O) groups excluding carboxylic acids is 3. The molecule has 6 radical (unpaired) electrons. The topological polar surface area (TPSA) is 81.7 Å². The quantitative estimate of drug-likeness (QED) is 0.785. The number of benzene rings is 1. The van der Waals surface area contributed by atoms with Crippen molar-refractivity contribution in [3.8, 4) is 0 Å². The number of esters is 2. The zero-order valence-electron chi connectivity index (χ0n) is 11.1. The normalized spacial score (nSPS) is 9.86. The van der Waals surface area contributed by atoms with Crippen LogP contribution in [0.15, 0.2) is 18.2 Å². The Kier molecular flexibility index (Phi) is 6.39. The maximum absolute atomic E-state index is 11.8. The molecule has 1 rings (SSSR count). The summed E-state index contributed by atoms with van der Waals surface area (Å²) in [6, 6.07) is 3.77. The lowest BCUT2D eigenvalue weighted by atomic mass is 10.0. The molecular weight excluding hydrogens is 274 g/mol. The summed E-state index contributed by atoms with van der Waals surface area (Å²) in [5.74, 6) is -2.16. The number of hydrogen-bond donors (Lipinski definition) is 1. The number of amides is 1. The molecule has 0 aliphatic rings. The Balaban J connectivity index is 3.22. The predicted molar refractivity (Wildman–Crippen MR) is 72.2 cm³/mol. The molecule has 0 unspecified atom stereocenters. The number of carbonyl (C=O) groups is 3. The summed E-state index contributed by atoms with van der Waals surface area (Å²) in [4.78, 5) is 35.2. The van der Waals surface area contributed by atoms with E-state index in [9.17, 15) is 14.4 Å². The van der Waals surface area contributed by atoms with Crippen LogP contribution in [0.3, 0.4) is 0 Å². The Morgan fingerprint density at radius 1 is 0.952 bits per heavy atom. The highest BCUT2D eigenvalue weighted by Crippen LogP contribution is 2.15. The van der Waals surface area contributed by atoms with Crippen molar-refractivity contribution in [1.29, 1.82) is 0 Å². The van der Waals surface area contributed by atoms with Gasteiger partial charge in [-0.2, -0.15) is 0 Å². The Hall–Kier alpha value is -2.37. The Morgan fingerprint density at radius 2 is 1.57 bits per heavy atom. The minimum Gasteiger partial charge on any atom is -0.462 e. The van der Waals surface area contributed by atoms with Crippen LogP contribution < -0.4 is 5.32 Å². The average Bonchev–Trinajstić information content (AvgIpc) is 2.47. The molecule has 0 aliphatic heterocycles. The van der Waals surface area contributed by atoms with Crippen molar-refractivity contribution in [2.45, 2.75) is 0 Å². The van der Waals surface area contributed by atoms with E-state index in [1.807, 2.05) is 0 Å². The van der Waals surface area contributed by atoms with Gasteiger partial charge in [-0.3, -0.25) is 4.79 Å². The third-order valence-electron chi connectivity index (χ3n) is 2.41. The second-order valence-electron chi connectivity index (χ2n) is 3.67. The SMILES string of the molecule is [CH]CNC(=O)c1ccc(C(=O)OC[CH])cc1C(=O)OC[CH]. The molecule has 21 heavy (non-hydrogen) atoms. The van der Waals surface area contributed by atoms with E-state index < -0.39 is 17.8 Å². The third kappa shape index (κ3) is 4.30. The van der Waals surface area contributed by atoms with E-state index in [-0.39, 0.29) is 36.4 Å². The summed E-state index contributed by atoms with van der Waals surface area (Å²) in [5.41, 5.74) is -0.0743. The lowest BCUT2D eigenvalue weighted by Gasteiger charge is -2.10. The Morgan fingerprint density at radius 3 is 2.14 bits per heavy atom. The molecule has 0 spiro atoms. The fraction of sp³-hybridized carbons (Fsp3) is 0.200. The van der Waals surface area contributed by atoms with Gasteiger partial charge in [0.15, 0.2) is 0 Å². The van der Waals surface area contributed by atoms with E-state index >= 15 is 0 Å². The van der Waals surface area contributed by atoms with Crippen LogP contribution in [0.25, 0.3) is 0 Å². The van der Waals surface area contributed by atoms with E-state index in [4.69, 9.17) is 20.8 Å². The number of ether oxygens (including phenoxy) is 2. The van der Waals surface area contributed by atoms with Gasteiger partial charge in [0.1, 0.15) is 0 Å². The van der Waals surface area contributed by atoms with Gasteiger partial charge in [0, 0.05) is 20.4 Å². The standard InChI is InChI=1S/C15H13NO5/c1-4-16-13(17)11-8-7-10(14(18)20-5-2)9-12(11)15(19)21-6-3/h1-3,7-9H,4-6H2,(H,16,17). The van der Waals surface area contributed by atoms with Crippen LogP contribution in [0.1, 0.15) is 31.1 Å². The molecular formula is C15H13NO5. The number of hydrogen-bond acceptors (Lipinski definition) is 5. The molecule has 0 aliphatic carbocycles. The molecule has 0 aromatic heterocycles. The first-order valence-electron chi connectivity index (χ1n) is 5.91. The van der Waals surface area contributed by atoms with Crippen molar-refractivity contribution in [1.82, 2.24) is 5.32 Å². The predicted octanol–water partition coefficient (Wildman–Crippen LogP) is 0.863. The number of rotatable bonds is 6. The summed E-state index contributed by atoms with van der Waals surface area (Å²) in [7, 11) is 0. The van der Waals surface area contributed by atoms with E-state index in [2.05, 4.69) is 14.8 Å². The molecule has 0 saturated heterocycles. The maximum Gasteiger partial charge on any atom is 0.338 e. The summed E-state index contributed by atoms with van der Waals surface area (Å²) in [5, 5.41) is 2.34. The maximum atomic E-state index is 11.8. The minimum absolute atomic E-state index is 0.00296. The van der Waals surface area contributed by atoms with Crippen molar-refractivity contribution in [2.24, 2.45) is 0 Å². The Labute approximate surface area is 123 Å². The van der Waals surface area contributed by atoms with Crippen molar-refractivity contribution in [3.05, 3.63) is 55.7 Å². The fourth-order valence-electron chi connectivity index (χ4n) is 1.54. The van der Waals surface area contributed by atoms with Crippen LogP contribution in [0.2, 0.25) is 0 Å². The van der Waals surface area contributed by atoms with Crippen molar-refractivity contribution in [2.75, 3.05) is 19.8 Å². The summed E-state index contributed by atoms with van der Waals surface area (Å²) in [6.07, 6.45) is 0. The first kappa shape index (κ1) is 16.7. The molecule has 108 valence electrons. The van der Waals surface area contributed by atoms with E-state index in [1.54, 1.807) is 0 Å². The highest BCUT2D eigenvalue weighted by molar-refractivity contribution is 6.07. The van der Waals surface area contributed by atoms with Crippen molar-refractivity contribution >= 4 is 17.8 Å². The van der Waals surface area contributed by atoms with Crippen LogP contribution in [-0.4, -0.2) is 37.6 Å². The van der Waals surface area contributed by atoms with Gasteiger partial charge in [0.05, 0.1) is 29.9 Å². The molecule has 6 nitrogen and oxygen atoms in total. The molecule has 1 amide bonds. The third-order valence-corrected chi connectivity index (χ3v) is 2.41. The number of nitrogens with one attached hydrogen (secondary N) is 1. The van der Waals surface area contributed by atoms with Crippen LogP contribution in [0.4, 0.5) is 0 Å². The van der Waals surface area contributed by atoms with Crippen molar-refractivity contribution in [3.63, 3.8) is 0 Å². The molecule has 0 heterocycles. The summed E-state index contributed by atoms with van der Waals surface area (Å²) < 4.78 is 9.25. The molecule has 6 heteroatoms. The minimum atomic E-state index is -0.845. The fourth-order valence-corrected chi connectivity index (χ4v) is 1.54. The Bertz CT molecular complexity index is 539. The molecule has 0 fully saturated rings. The zero-order valence-corrected chi connectivity index (χ0v) is 11.1. The largest absolute Gasteiger partial charge is 0.462 e. The molecule has 1 aromatic carbocycles. The molecule has 0 atom stereocenters. The van der Waals surface area contributed by atoms with Gasteiger partial charge < -0.3 is 14.8 Å². The van der Waals surface area contributed by atoms with E-state index in [0.29, 0.717) is 0 Å². The molecule has 0 saturated carbocycles. The molecule has 0 bridgehead atoms. The van der Waals surface area contributed by atoms with Gasteiger partial charge in [-0.05, 0) is 25.1 Å². The smallest absolute Gasteiger partial charge is 0.338 e. The highest BCUT2D eigenvalue weighted by Gasteiger charge is 2.20. The van der Waals surface area contributed by atoms with Crippen LogP contribution >= 0.6 is 0 Å². The average molecular weight is 287 g/mol. The molecule has 1 N–H and O–H groups in total. The second-order valence-corrected chi connectivity index (χ2v) is 3.67. The lowest BCUT2D eigenvalue weighted by molar-refractivity contribution is 0.0542.